The highest BCUT2D eigenvalue weighted by Crippen LogP contribution is 2.20. The van der Waals surface area contributed by atoms with Crippen LogP contribution in [0, 0.1) is 5.92 Å². The lowest BCUT2D eigenvalue weighted by Gasteiger charge is -2.28. The van der Waals surface area contributed by atoms with Gasteiger partial charge in [0, 0.05) is 5.57 Å². The maximum Gasteiger partial charge on any atom is 0.408 e. The fourth-order valence-corrected chi connectivity index (χ4v) is 2.30. The molecule has 1 amide bonds. The first kappa shape index (κ1) is 25.2. The van der Waals surface area contributed by atoms with Gasteiger partial charge in [-0.15, -0.1) is 5.73 Å². The van der Waals surface area contributed by atoms with Crippen molar-refractivity contribution >= 4 is 12.1 Å². The number of hydrogen-bond acceptors (Lipinski definition) is 5. The number of hydrogen-bond donors (Lipinski definition) is 2. The molecule has 0 aliphatic heterocycles. The number of ether oxygens (including phenoxy) is 2. The Morgan fingerprint density at radius 2 is 1.48 bits per heavy atom. The van der Waals surface area contributed by atoms with E-state index in [2.05, 4.69) is 11.0 Å². The van der Waals surface area contributed by atoms with Gasteiger partial charge in [-0.1, -0.05) is 13.8 Å². The molecule has 0 heterocycles. The van der Waals surface area contributed by atoms with E-state index in [0.717, 1.165) is 5.57 Å². The fraction of sp³-hybridized carbons (Fsp3) is 0.762. The van der Waals surface area contributed by atoms with E-state index in [1.165, 1.54) is 0 Å². The van der Waals surface area contributed by atoms with Crippen molar-refractivity contribution in [1.82, 2.24) is 5.32 Å². The molecular formula is C21H37NO5. The van der Waals surface area contributed by atoms with E-state index in [1.807, 2.05) is 27.7 Å². The van der Waals surface area contributed by atoms with Crippen LogP contribution < -0.4 is 5.32 Å². The summed E-state index contributed by atoms with van der Waals surface area (Å²) in [6.45, 7) is 18.1. The monoisotopic (exact) mass is 383 g/mol. The maximum atomic E-state index is 12.4. The van der Waals surface area contributed by atoms with E-state index in [9.17, 15) is 14.7 Å². The number of esters is 1. The topological polar surface area (TPSA) is 84.9 Å². The molecule has 0 fully saturated rings. The standard InChI is InChI=1S/C21H37NO5/c1-13(2)11-15(17(23)18(24)26-20(5,6)7)16(12-14(3)4)22-19(25)27-21(8,9)10/h14,16-17,23H,12H2,1-10H3,(H,22,25)/t16-,17+/m0/s1. The average molecular weight is 384 g/mol. The number of aliphatic hydroxyl groups is 1. The number of aliphatic hydroxyl groups excluding tert-OH is 1. The van der Waals surface area contributed by atoms with Gasteiger partial charge in [-0.2, -0.15) is 0 Å². The van der Waals surface area contributed by atoms with Gasteiger partial charge in [0.1, 0.15) is 11.2 Å². The molecule has 0 saturated heterocycles. The summed E-state index contributed by atoms with van der Waals surface area (Å²) < 4.78 is 10.6. The molecule has 0 aromatic rings. The molecule has 2 N–H and O–H groups in total. The van der Waals surface area contributed by atoms with Crippen LogP contribution in [-0.2, 0) is 14.3 Å². The van der Waals surface area contributed by atoms with Crippen LogP contribution in [0.1, 0.15) is 75.7 Å². The third kappa shape index (κ3) is 11.5. The second-order valence-corrected chi connectivity index (χ2v) is 9.34. The average Bonchev–Trinajstić information content (AvgIpc) is 2.38. The number of rotatable bonds is 6. The van der Waals surface area contributed by atoms with Crippen LogP contribution in [0.2, 0.25) is 0 Å². The third-order valence-corrected chi connectivity index (χ3v) is 3.09. The Morgan fingerprint density at radius 1 is 1.00 bits per heavy atom. The van der Waals surface area contributed by atoms with E-state index >= 15 is 0 Å². The molecule has 0 aromatic heterocycles. The van der Waals surface area contributed by atoms with Crippen LogP contribution in [-0.4, -0.2) is 40.5 Å². The van der Waals surface area contributed by atoms with Crippen molar-refractivity contribution in [3.8, 4) is 0 Å². The quantitative estimate of drug-likeness (QED) is 0.532. The molecular weight excluding hydrogens is 346 g/mol. The largest absolute Gasteiger partial charge is 0.458 e. The molecule has 0 spiro atoms. The summed E-state index contributed by atoms with van der Waals surface area (Å²) in [6, 6.07) is -0.614. The minimum atomic E-state index is -1.53. The molecule has 0 radical (unpaired) electrons. The zero-order valence-corrected chi connectivity index (χ0v) is 18.5. The lowest BCUT2D eigenvalue weighted by molar-refractivity contribution is -0.163. The third-order valence-electron chi connectivity index (χ3n) is 3.09. The van der Waals surface area contributed by atoms with Gasteiger partial charge in [0.25, 0.3) is 0 Å². The first-order chi connectivity index (χ1) is 12.0. The highest BCUT2D eigenvalue weighted by molar-refractivity contribution is 5.79. The first-order valence-corrected chi connectivity index (χ1v) is 9.36. The molecule has 0 bridgehead atoms. The van der Waals surface area contributed by atoms with Crippen molar-refractivity contribution in [1.29, 1.82) is 0 Å². The predicted octanol–water partition coefficient (Wildman–Crippen LogP) is 4.12. The Balaban J connectivity index is 5.82. The minimum Gasteiger partial charge on any atom is -0.458 e. The fourth-order valence-electron chi connectivity index (χ4n) is 2.30. The van der Waals surface area contributed by atoms with Crippen molar-refractivity contribution in [2.75, 3.05) is 0 Å². The summed E-state index contributed by atoms with van der Waals surface area (Å²) in [5.74, 6) is -0.573. The molecule has 0 saturated carbocycles. The van der Waals surface area contributed by atoms with E-state index in [-0.39, 0.29) is 11.5 Å². The van der Waals surface area contributed by atoms with Crippen LogP contribution in [0.3, 0.4) is 0 Å². The van der Waals surface area contributed by atoms with Gasteiger partial charge in [-0.05, 0) is 73.3 Å². The minimum absolute atomic E-state index is 0.199. The Bertz CT molecular complexity index is 583. The molecule has 6 heteroatoms. The van der Waals surface area contributed by atoms with E-state index in [4.69, 9.17) is 9.47 Å². The van der Waals surface area contributed by atoms with Gasteiger partial charge in [-0.25, -0.2) is 9.59 Å². The van der Waals surface area contributed by atoms with Crippen molar-refractivity contribution in [3.05, 3.63) is 16.9 Å². The molecule has 6 nitrogen and oxygen atoms in total. The lowest BCUT2D eigenvalue weighted by Crippen LogP contribution is -2.45. The second kappa shape index (κ2) is 9.95. The smallest absolute Gasteiger partial charge is 0.408 e. The summed E-state index contributed by atoms with van der Waals surface area (Å²) >= 11 is 0. The van der Waals surface area contributed by atoms with Crippen molar-refractivity contribution in [3.63, 3.8) is 0 Å². The summed E-state index contributed by atoms with van der Waals surface area (Å²) in [6.07, 6.45) is -1.63. The van der Waals surface area contributed by atoms with Gasteiger partial charge in [-0.3, -0.25) is 0 Å². The summed E-state index contributed by atoms with van der Waals surface area (Å²) in [5.41, 5.74) is 2.68. The number of carbonyl (C=O) groups excluding carboxylic acids is 2. The molecule has 156 valence electrons. The highest BCUT2D eigenvalue weighted by Gasteiger charge is 2.32. The van der Waals surface area contributed by atoms with Crippen LogP contribution in [0.25, 0.3) is 0 Å². The molecule has 0 rings (SSSR count). The Hall–Kier alpha value is -1.78. The second-order valence-electron chi connectivity index (χ2n) is 9.34. The van der Waals surface area contributed by atoms with E-state index in [1.54, 1.807) is 41.5 Å². The zero-order chi connectivity index (χ0) is 21.6. The Morgan fingerprint density at radius 3 is 1.85 bits per heavy atom. The molecule has 2 atom stereocenters. The summed E-state index contributed by atoms with van der Waals surface area (Å²) in [5, 5.41) is 13.4. The molecule has 0 aliphatic rings. The molecule has 0 aromatic carbocycles. The maximum absolute atomic E-state index is 12.4. The van der Waals surface area contributed by atoms with Crippen molar-refractivity contribution < 1.29 is 24.2 Å². The molecule has 0 aliphatic carbocycles. The van der Waals surface area contributed by atoms with Gasteiger partial charge in [0.15, 0.2) is 6.10 Å². The summed E-state index contributed by atoms with van der Waals surface area (Å²) in [4.78, 5) is 24.7. The van der Waals surface area contributed by atoms with Crippen LogP contribution >= 0.6 is 0 Å². The molecule has 27 heavy (non-hydrogen) atoms. The van der Waals surface area contributed by atoms with Gasteiger partial charge in [0.05, 0.1) is 6.04 Å². The van der Waals surface area contributed by atoms with E-state index in [0.29, 0.717) is 6.42 Å². The lowest BCUT2D eigenvalue weighted by atomic mass is 9.93. The van der Waals surface area contributed by atoms with Crippen molar-refractivity contribution in [2.45, 2.75) is 99.0 Å². The molecule has 0 unspecified atom stereocenters. The van der Waals surface area contributed by atoms with Crippen LogP contribution in [0.15, 0.2) is 16.9 Å². The Labute approximate surface area is 164 Å². The van der Waals surface area contributed by atoms with Gasteiger partial charge < -0.3 is 19.9 Å². The first-order valence-electron chi connectivity index (χ1n) is 9.36. The number of alkyl carbamates (subject to hydrolysis) is 1. The normalized spacial score (nSPS) is 14.1. The Kier molecular flexibility index (Phi) is 9.30. The SMILES string of the molecule is CC(C)=C=C([C@@H](O)C(=O)OC(C)(C)C)[C@H](CC(C)C)NC(=O)OC(C)(C)C. The van der Waals surface area contributed by atoms with E-state index < -0.39 is 35.4 Å². The van der Waals surface area contributed by atoms with Crippen LogP contribution in [0.5, 0.6) is 0 Å². The van der Waals surface area contributed by atoms with Crippen LogP contribution in [0.4, 0.5) is 4.79 Å². The summed E-state index contributed by atoms with van der Waals surface area (Å²) in [7, 11) is 0. The van der Waals surface area contributed by atoms with Crippen molar-refractivity contribution in [2.24, 2.45) is 5.92 Å². The number of amides is 1. The van der Waals surface area contributed by atoms with Gasteiger partial charge >= 0.3 is 12.1 Å². The number of nitrogens with one attached hydrogen (secondary N) is 1. The van der Waals surface area contributed by atoms with Gasteiger partial charge in [0.2, 0.25) is 0 Å². The zero-order valence-electron chi connectivity index (χ0n) is 18.5. The predicted molar refractivity (Wildman–Crippen MR) is 106 cm³/mol. The number of carbonyl (C=O) groups is 2. The highest BCUT2D eigenvalue weighted by atomic mass is 16.6.